The van der Waals surface area contributed by atoms with Crippen molar-refractivity contribution in [2.24, 2.45) is 7.05 Å². The molecule has 0 fully saturated rings. The maximum atomic E-state index is 2.94. The summed E-state index contributed by atoms with van der Waals surface area (Å²) in [7, 11) is 2.08. The molecule has 0 bridgehead atoms. The summed E-state index contributed by atoms with van der Waals surface area (Å²) in [6.45, 7) is 3.96. The van der Waals surface area contributed by atoms with E-state index in [1.54, 1.807) is 0 Å². The molecule has 0 radical (unpaired) electrons. The standard InChI is InChI=1S/C15H15N/c1-4-5-6-7-14-11-13-10-12(2)8-9-15(13)16(14)3/h6-11H,1-3H3/b7-6-. The molecule has 2 aromatic rings. The average molecular weight is 209 g/mol. The van der Waals surface area contributed by atoms with Gasteiger partial charge in [0, 0.05) is 23.6 Å². The largest absolute Gasteiger partial charge is 0.344 e. The minimum atomic E-state index is 1.18. The lowest BCUT2D eigenvalue weighted by Crippen LogP contribution is -1.89. The third-order valence-corrected chi connectivity index (χ3v) is 2.72. The molecule has 0 aliphatic carbocycles. The topological polar surface area (TPSA) is 4.93 Å². The highest BCUT2D eigenvalue weighted by Gasteiger charge is 2.02. The summed E-state index contributed by atoms with van der Waals surface area (Å²) in [6, 6.07) is 8.70. The lowest BCUT2D eigenvalue weighted by molar-refractivity contribution is 0.954. The van der Waals surface area contributed by atoms with Crippen molar-refractivity contribution in [3.63, 3.8) is 0 Å². The number of benzene rings is 1. The van der Waals surface area contributed by atoms with E-state index >= 15 is 0 Å². The van der Waals surface area contributed by atoms with Gasteiger partial charge in [0.15, 0.2) is 0 Å². The van der Waals surface area contributed by atoms with Crippen LogP contribution in [0.15, 0.2) is 30.3 Å². The molecule has 0 amide bonds. The highest BCUT2D eigenvalue weighted by atomic mass is 14.9. The van der Waals surface area contributed by atoms with E-state index < -0.39 is 0 Å². The van der Waals surface area contributed by atoms with Gasteiger partial charge in [0.1, 0.15) is 0 Å². The van der Waals surface area contributed by atoms with Crippen LogP contribution in [0, 0.1) is 18.8 Å². The summed E-state index contributed by atoms with van der Waals surface area (Å²) >= 11 is 0. The molecule has 80 valence electrons. The summed E-state index contributed by atoms with van der Waals surface area (Å²) in [4.78, 5) is 0. The highest BCUT2D eigenvalue weighted by Crippen LogP contribution is 2.20. The third-order valence-electron chi connectivity index (χ3n) is 2.72. The molecular formula is C15H15N. The fraction of sp³-hybridized carbons (Fsp3) is 0.200. The molecule has 0 aliphatic rings. The van der Waals surface area contributed by atoms with Crippen LogP contribution in [0.25, 0.3) is 17.0 Å². The van der Waals surface area contributed by atoms with Gasteiger partial charge in [-0.3, -0.25) is 0 Å². The molecular weight excluding hydrogens is 194 g/mol. The first kappa shape index (κ1) is 10.6. The van der Waals surface area contributed by atoms with Crippen LogP contribution in [0.5, 0.6) is 0 Å². The van der Waals surface area contributed by atoms with Crippen molar-refractivity contribution in [3.8, 4) is 11.8 Å². The molecule has 0 saturated heterocycles. The summed E-state index contributed by atoms with van der Waals surface area (Å²) in [5.41, 5.74) is 3.74. The predicted octanol–water partition coefficient (Wildman–Crippen LogP) is 3.52. The molecule has 1 aromatic carbocycles. The fourth-order valence-electron chi connectivity index (χ4n) is 1.86. The van der Waals surface area contributed by atoms with Crippen LogP contribution in [0.2, 0.25) is 0 Å². The van der Waals surface area contributed by atoms with Crippen LogP contribution in [-0.2, 0) is 7.05 Å². The summed E-state index contributed by atoms with van der Waals surface area (Å²) in [6.07, 6.45) is 3.94. The van der Waals surface area contributed by atoms with Crippen LogP contribution in [0.4, 0.5) is 0 Å². The Morgan fingerprint density at radius 1 is 1.25 bits per heavy atom. The number of rotatable bonds is 1. The van der Waals surface area contributed by atoms with Gasteiger partial charge in [0.2, 0.25) is 0 Å². The Kier molecular flexibility index (Phi) is 2.83. The number of nitrogens with zero attached hydrogens (tertiary/aromatic N) is 1. The van der Waals surface area contributed by atoms with Gasteiger partial charge in [-0.05, 0) is 44.2 Å². The maximum Gasteiger partial charge on any atom is 0.0482 e. The van der Waals surface area contributed by atoms with Gasteiger partial charge in [-0.1, -0.05) is 17.6 Å². The third kappa shape index (κ3) is 1.87. The Morgan fingerprint density at radius 2 is 2.06 bits per heavy atom. The van der Waals surface area contributed by atoms with E-state index in [0.29, 0.717) is 0 Å². The van der Waals surface area contributed by atoms with Crippen LogP contribution in [0.1, 0.15) is 18.2 Å². The van der Waals surface area contributed by atoms with Gasteiger partial charge < -0.3 is 4.57 Å². The Bertz CT molecular complexity index is 603. The van der Waals surface area contributed by atoms with Crippen molar-refractivity contribution in [1.82, 2.24) is 4.57 Å². The number of hydrogen-bond donors (Lipinski definition) is 0. The number of fused-ring (bicyclic) bond motifs is 1. The Labute approximate surface area is 96.4 Å². The molecule has 0 N–H and O–H groups in total. The number of aryl methyl sites for hydroxylation is 2. The van der Waals surface area contributed by atoms with E-state index in [-0.39, 0.29) is 0 Å². The summed E-state index contributed by atoms with van der Waals surface area (Å²) < 4.78 is 2.18. The van der Waals surface area contributed by atoms with Crippen LogP contribution < -0.4 is 0 Å². The highest BCUT2D eigenvalue weighted by molar-refractivity contribution is 5.84. The quantitative estimate of drug-likeness (QED) is 0.633. The first-order chi connectivity index (χ1) is 7.72. The number of aromatic nitrogens is 1. The van der Waals surface area contributed by atoms with Crippen molar-refractivity contribution in [2.75, 3.05) is 0 Å². The zero-order valence-electron chi connectivity index (χ0n) is 9.91. The Hall–Kier alpha value is -1.94. The van der Waals surface area contributed by atoms with Crippen molar-refractivity contribution >= 4 is 17.0 Å². The van der Waals surface area contributed by atoms with Gasteiger partial charge in [-0.15, -0.1) is 5.92 Å². The molecule has 0 saturated carbocycles. The lowest BCUT2D eigenvalue weighted by atomic mass is 10.2. The van der Waals surface area contributed by atoms with Crippen molar-refractivity contribution in [3.05, 3.63) is 41.6 Å². The molecule has 16 heavy (non-hydrogen) atoms. The van der Waals surface area contributed by atoms with Gasteiger partial charge >= 0.3 is 0 Å². The molecule has 0 aliphatic heterocycles. The Balaban J connectivity index is 2.54. The zero-order valence-corrected chi connectivity index (χ0v) is 9.91. The average Bonchev–Trinajstić information content (AvgIpc) is 2.56. The normalized spacial score (nSPS) is 10.7. The van der Waals surface area contributed by atoms with E-state index in [4.69, 9.17) is 0 Å². The van der Waals surface area contributed by atoms with E-state index in [1.165, 1.54) is 22.2 Å². The van der Waals surface area contributed by atoms with Crippen molar-refractivity contribution in [1.29, 1.82) is 0 Å². The van der Waals surface area contributed by atoms with E-state index in [1.807, 2.05) is 19.1 Å². The summed E-state index contributed by atoms with van der Waals surface area (Å²) in [5, 5.41) is 1.28. The first-order valence-corrected chi connectivity index (χ1v) is 5.37. The van der Waals surface area contributed by atoms with Gasteiger partial charge in [-0.25, -0.2) is 0 Å². The van der Waals surface area contributed by atoms with E-state index in [0.717, 1.165) is 0 Å². The van der Waals surface area contributed by atoms with E-state index in [9.17, 15) is 0 Å². The Morgan fingerprint density at radius 3 is 2.81 bits per heavy atom. The van der Waals surface area contributed by atoms with Gasteiger partial charge in [0.25, 0.3) is 0 Å². The lowest BCUT2D eigenvalue weighted by Gasteiger charge is -1.99. The number of hydrogen-bond acceptors (Lipinski definition) is 0. The van der Waals surface area contributed by atoms with Crippen LogP contribution >= 0.6 is 0 Å². The minimum absolute atomic E-state index is 1.18. The second-order valence-electron chi connectivity index (χ2n) is 3.92. The monoisotopic (exact) mass is 209 g/mol. The second kappa shape index (κ2) is 4.28. The SMILES string of the molecule is CC#C/C=C\c1cc2cc(C)ccc2n1C. The molecule has 0 atom stereocenters. The summed E-state index contributed by atoms with van der Waals surface area (Å²) in [5.74, 6) is 5.79. The van der Waals surface area contributed by atoms with Crippen LogP contribution in [-0.4, -0.2) is 4.57 Å². The smallest absolute Gasteiger partial charge is 0.0482 e. The van der Waals surface area contributed by atoms with Gasteiger partial charge in [0.05, 0.1) is 0 Å². The molecule has 1 heteroatoms. The van der Waals surface area contributed by atoms with E-state index in [2.05, 4.69) is 54.6 Å². The van der Waals surface area contributed by atoms with Crippen molar-refractivity contribution < 1.29 is 0 Å². The minimum Gasteiger partial charge on any atom is -0.344 e. The van der Waals surface area contributed by atoms with Gasteiger partial charge in [-0.2, -0.15) is 0 Å². The second-order valence-corrected chi connectivity index (χ2v) is 3.92. The fourth-order valence-corrected chi connectivity index (χ4v) is 1.86. The molecule has 0 spiro atoms. The molecule has 1 aromatic heterocycles. The maximum absolute atomic E-state index is 2.94. The van der Waals surface area contributed by atoms with Crippen molar-refractivity contribution in [2.45, 2.75) is 13.8 Å². The first-order valence-electron chi connectivity index (χ1n) is 5.37. The molecule has 1 heterocycles. The molecule has 1 nitrogen and oxygen atoms in total. The number of allylic oxidation sites excluding steroid dienone is 1. The molecule has 2 rings (SSSR count). The zero-order chi connectivity index (χ0) is 11.5. The predicted molar refractivity (Wildman–Crippen MR) is 70.1 cm³/mol. The van der Waals surface area contributed by atoms with Crippen LogP contribution in [0.3, 0.4) is 0 Å². The molecule has 0 unspecified atom stereocenters.